The van der Waals surface area contributed by atoms with Crippen molar-refractivity contribution in [2.45, 2.75) is 38.3 Å². The molecule has 3 N–H and O–H groups in total. The molecule has 0 saturated heterocycles. The molecular weight excluding hydrogens is 314 g/mol. The summed E-state index contributed by atoms with van der Waals surface area (Å²) >= 11 is 5.30. The molecule has 0 radical (unpaired) electrons. The van der Waals surface area contributed by atoms with Gasteiger partial charge in [-0.05, 0) is 40.2 Å². The van der Waals surface area contributed by atoms with Gasteiger partial charge in [-0.3, -0.25) is 4.90 Å². The predicted molar refractivity (Wildman–Crippen MR) is 78.1 cm³/mol. The maximum Gasteiger partial charge on any atom is 0.153 e. The van der Waals surface area contributed by atoms with E-state index >= 15 is 0 Å². The normalized spacial score (nSPS) is 17.8. The molecule has 2 rings (SSSR count). The number of oxime groups is 1. The lowest BCUT2D eigenvalue weighted by Gasteiger charge is -2.27. The third-order valence-electron chi connectivity index (χ3n) is 3.37. The van der Waals surface area contributed by atoms with Crippen LogP contribution in [0.2, 0.25) is 0 Å². The lowest BCUT2D eigenvalue weighted by Crippen LogP contribution is -2.39. The molecule has 0 atom stereocenters. The van der Waals surface area contributed by atoms with Crippen LogP contribution in [0.3, 0.4) is 0 Å². The zero-order chi connectivity index (χ0) is 13.0. The third kappa shape index (κ3) is 3.46. The van der Waals surface area contributed by atoms with Crippen molar-refractivity contribution < 1.29 is 5.21 Å². The zero-order valence-corrected chi connectivity index (χ0v) is 12.6. The Bertz CT molecular complexity index is 415. The van der Waals surface area contributed by atoms with Gasteiger partial charge in [-0.2, -0.15) is 0 Å². The van der Waals surface area contributed by atoms with E-state index in [1.807, 2.05) is 0 Å². The molecule has 0 aromatic carbocycles. The molecule has 1 fully saturated rings. The fraction of sp³-hybridized carbons (Fsp3) is 0.583. The van der Waals surface area contributed by atoms with Crippen molar-refractivity contribution in [3.8, 4) is 0 Å². The first-order chi connectivity index (χ1) is 8.70. The number of hydrogen-bond donors (Lipinski definition) is 2. The van der Waals surface area contributed by atoms with Crippen LogP contribution < -0.4 is 5.73 Å². The van der Waals surface area contributed by atoms with Crippen LogP contribution in [0, 0.1) is 0 Å². The van der Waals surface area contributed by atoms with Gasteiger partial charge in [-0.1, -0.05) is 18.0 Å². The standard InChI is InChI=1S/C12H18BrN3OS/c13-10-5-6-18-11(10)7-16(8-12(14)15-17)9-3-1-2-4-9/h5-6,9,17H,1-4,7-8H2,(H2,14,15). The van der Waals surface area contributed by atoms with Crippen molar-refractivity contribution in [2.75, 3.05) is 6.54 Å². The van der Waals surface area contributed by atoms with E-state index in [-0.39, 0.29) is 5.84 Å². The van der Waals surface area contributed by atoms with Gasteiger partial charge in [0.15, 0.2) is 5.84 Å². The lowest BCUT2D eigenvalue weighted by molar-refractivity contribution is 0.215. The van der Waals surface area contributed by atoms with Crippen LogP contribution in [0.25, 0.3) is 0 Å². The quantitative estimate of drug-likeness (QED) is 0.377. The van der Waals surface area contributed by atoms with Crippen LogP contribution in [-0.2, 0) is 6.54 Å². The summed E-state index contributed by atoms with van der Waals surface area (Å²) in [5.41, 5.74) is 5.66. The fourth-order valence-electron chi connectivity index (χ4n) is 2.45. The maximum absolute atomic E-state index is 8.74. The largest absolute Gasteiger partial charge is 0.409 e. The molecule has 1 aliphatic carbocycles. The first-order valence-corrected chi connectivity index (χ1v) is 7.80. The molecular formula is C12H18BrN3OS. The smallest absolute Gasteiger partial charge is 0.153 e. The van der Waals surface area contributed by atoms with Gasteiger partial charge in [-0.25, -0.2) is 0 Å². The van der Waals surface area contributed by atoms with Gasteiger partial charge in [-0.15, -0.1) is 11.3 Å². The first kappa shape index (κ1) is 13.8. The van der Waals surface area contributed by atoms with Crippen LogP contribution in [-0.4, -0.2) is 28.5 Å². The second-order valence-electron chi connectivity index (χ2n) is 4.63. The second kappa shape index (κ2) is 6.54. The minimum atomic E-state index is 0.287. The Kier molecular flexibility index (Phi) is 5.03. The van der Waals surface area contributed by atoms with Gasteiger partial charge in [0.1, 0.15) is 0 Å². The summed E-state index contributed by atoms with van der Waals surface area (Å²) in [5.74, 6) is 0.287. The zero-order valence-electron chi connectivity index (χ0n) is 10.2. The van der Waals surface area contributed by atoms with Crippen molar-refractivity contribution in [1.82, 2.24) is 4.90 Å². The minimum absolute atomic E-state index is 0.287. The van der Waals surface area contributed by atoms with Crippen molar-refractivity contribution in [3.63, 3.8) is 0 Å². The molecule has 1 aromatic heterocycles. The van der Waals surface area contributed by atoms with Crippen LogP contribution in [0.4, 0.5) is 0 Å². The van der Waals surface area contributed by atoms with Gasteiger partial charge < -0.3 is 10.9 Å². The van der Waals surface area contributed by atoms with E-state index in [1.54, 1.807) is 11.3 Å². The number of halogens is 1. The van der Waals surface area contributed by atoms with Crippen LogP contribution in [0.5, 0.6) is 0 Å². The maximum atomic E-state index is 8.74. The molecule has 1 aliphatic rings. The predicted octanol–water partition coefficient (Wildman–Crippen LogP) is 3.00. The summed E-state index contributed by atoms with van der Waals surface area (Å²) in [6.07, 6.45) is 4.98. The van der Waals surface area contributed by atoms with Gasteiger partial charge >= 0.3 is 0 Å². The summed E-state index contributed by atoms with van der Waals surface area (Å²) in [7, 11) is 0. The molecule has 0 spiro atoms. The summed E-state index contributed by atoms with van der Waals surface area (Å²) in [6.45, 7) is 1.39. The van der Waals surface area contributed by atoms with E-state index in [9.17, 15) is 0 Å². The van der Waals surface area contributed by atoms with Crippen molar-refractivity contribution in [3.05, 3.63) is 20.8 Å². The highest BCUT2D eigenvalue weighted by Crippen LogP contribution is 2.29. The number of amidine groups is 1. The summed E-state index contributed by atoms with van der Waals surface area (Å²) in [5, 5.41) is 13.9. The Morgan fingerprint density at radius 2 is 2.28 bits per heavy atom. The molecule has 0 aliphatic heterocycles. The SMILES string of the molecule is NC(CN(Cc1sccc1Br)C1CCCC1)=NO. The summed E-state index contributed by atoms with van der Waals surface area (Å²) in [4.78, 5) is 3.62. The Balaban J connectivity index is 2.06. The Morgan fingerprint density at radius 1 is 1.56 bits per heavy atom. The number of nitrogens with two attached hydrogens (primary N) is 1. The third-order valence-corrected chi connectivity index (χ3v) is 5.28. The summed E-state index contributed by atoms with van der Waals surface area (Å²) in [6, 6.07) is 2.62. The molecule has 1 saturated carbocycles. The Morgan fingerprint density at radius 3 is 2.83 bits per heavy atom. The summed E-state index contributed by atoms with van der Waals surface area (Å²) < 4.78 is 1.15. The Hall–Kier alpha value is -0.590. The highest BCUT2D eigenvalue weighted by Gasteiger charge is 2.24. The molecule has 0 bridgehead atoms. The van der Waals surface area contributed by atoms with E-state index in [0.717, 1.165) is 11.0 Å². The molecule has 1 heterocycles. The molecule has 18 heavy (non-hydrogen) atoms. The average Bonchev–Trinajstić information content (AvgIpc) is 3.00. The van der Waals surface area contributed by atoms with Gasteiger partial charge in [0.05, 0.1) is 6.54 Å². The van der Waals surface area contributed by atoms with Crippen LogP contribution in [0.1, 0.15) is 30.6 Å². The number of thiophene rings is 1. The number of rotatable bonds is 5. The second-order valence-corrected chi connectivity index (χ2v) is 6.48. The van der Waals surface area contributed by atoms with E-state index < -0.39 is 0 Å². The highest BCUT2D eigenvalue weighted by atomic mass is 79.9. The van der Waals surface area contributed by atoms with E-state index in [1.165, 1.54) is 30.6 Å². The number of nitrogens with zero attached hydrogens (tertiary/aromatic N) is 2. The average molecular weight is 332 g/mol. The molecule has 0 unspecified atom stereocenters. The van der Waals surface area contributed by atoms with Gasteiger partial charge in [0, 0.05) is 21.9 Å². The number of hydrogen-bond acceptors (Lipinski definition) is 4. The minimum Gasteiger partial charge on any atom is -0.409 e. The molecule has 0 amide bonds. The molecule has 6 heteroatoms. The van der Waals surface area contributed by atoms with Gasteiger partial charge in [0.25, 0.3) is 0 Å². The van der Waals surface area contributed by atoms with E-state index in [2.05, 4.69) is 37.4 Å². The van der Waals surface area contributed by atoms with Crippen molar-refractivity contribution in [1.29, 1.82) is 0 Å². The van der Waals surface area contributed by atoms with Crippen LogP contribution in [0.15, 0.2) is 21.1 Å². The molecule has 100 valence electrons. The molecule has 1 aromatic rings. The van der Waals surface area contributed by atoms with Crippen molar-refractivity contribution in [2.24, 2.45) is 10.9 Å². The van der Waals surface area contributed by atoms with Gasteiger partial charge in [0.2, 0.25) is 0 Å². The van der Waals surface area contributed by atoms with E-state index in [0.29, 0.717) is 12.6 Å². The lowest BCUT2D eigenvalue weighted by atomic mass is 10.2. The monoisotopic (exact) mass is 331 g/mol. The highest BCUT2D eigenvalue weighted by molar-refractivity contribution is 9.10. The van der Waals surface area contributed by atoms with Crippen molar-refractivity contribution >= 4 is 33.1 Å². The fourth-order valence-corrected chi connectivity index (χ4v) is 3.95. The molecule has 4 nitrogen and oxygen atoms in total. The van der Waals surface area contributed by atoms with E-state index in [4.69, 9.17) is 10.9 Å². The topological polar surface area (TPSA) is 61.8 Å². The van der Waals surface area contributed by atoms with Crippen LogP contribution >= 0.6 is 27.3 Å². The Labute approximate surface area is 120 Å². The first-order valence-electron chi connectivity index (χ1n) is 6.13.